The van der Waals surface area contributed by atoms with Crippen LogP contribution in [0.5, 0.6) is 0 Å². The van der Waals surface area contributed by atoms with Gasteiger partial charge in [-0.3, -0.25) is 4.68 Å². The average Bonchev–Trinajstić information content (AvgIpc) is 2.86. The number of halogens is 4. The van der Waals surface area contributed by atoms with Gasteiger partial charge in [0.05, 0.1) is 5.69 Å². The highest BCUT2D eigenvalue weighted by molar-refractivity contribution is 5.85. The van der Waals surface area contributed by atoms with Crippen LogP contribution in [0.15, 0.2) is 24.3 Å². The summed E-state index contributed by atoms with van der Waals surface area (Å²) in [7, 11) is 5.47. The van der Waals surface area contributed by atoms with Gasteiger partial charge in [-0.15, -0.1) is 12.4 Å². The Hall–Kier alpha value is -1.99. The number of rotatable bonds is 2. The number of hydrogen-bond donors (Lipinski definition) is 1. The molecule has 1 N–H and O–H groups in total. The third kappa shape index (κ3) is 3.82. The van der Waals surface area contributed by atoms with E-state index in [1.165, 1.54) is 4.68 Å². The maximum atomic E-state index is 13.1. The topological polar surface area (TPSA) is 33.1 Å². The van der Waals surface area contributed by atoms with E-state index >= 15 is 0 Å². The van der Waals surface area contributed by atoms with Crippen molar-refractivity contribution in [1.29, 1.82) is 0 Å². The zero-order valence-corrected chi connectivity index (χ0v) is 15.0. The molecule has 25 heavy (non-hydrogen) atoms. The lowest BCUT2D eigenvalue weighted by atomic mass is 9.99. The van der Waals surface area contributed by atoms with E-state index in [4.69, 9.17) is 0 Å². The largest absolute Gasteiger partial charge is 0.435 e. The number of nitrogens with zero attached hydrogens (tertiary/aromatic N) is 3. The van der Waals surface area contributed by atoms with Crippen LogP contribution in [0.25, 0.3) is 11.6 Å². The molecule has 1 aromatic carbocycles. The second-order valence-corrected chi connectivity index (χ2v) is 6.06. The number of nitrogens with one attached hydrogen (secondary N) is 1. The minimum absolute atomic E-state index is 0. The first-order valence-corrected chi connectivity index (χ1v) is 7.59. The second kappa shape index (κ2) is 7.09. The molecule has 1 aliphatic heterocycles. The van der Waals surface area contributed by atoms with Crippen molar-refractivity contribution in [3.8, 4) is 0 Å². The van der Waals surface area contributed by atoms with Gasteiger partial charge in [0.15, 0.2) is 5.69 Å². The number of benzene rings is 1. The van der Waals surface area contributed by atoms with E-state index < -0.39 is 11.9 Å². The Labute approximate surface area is 150 Å². The molecule has 0 atom stereocenters. The van der Waals surface area contributed by atoms with E-state index in [-0.39, 0.29) is 24.5 Å². The van der Waals surface area contributed by atoms with Crippen LogP contribution in [0.3, 0.4) is 0 Å². The molecule has 4 nitrogen and oxygen atoms in total. The van der Waals surface area contributed by atoms with Gasteiger partial charge in [-0.1, -0.05) is 12.1 Å². The Morgan fingerprint density at radius 1 is 1.16 bits per heavy atom. The summed E-state index contributed by atoms with van der Waals surface area (Å²) in [6, 6.07) is 7.87. The van der Waals surface area contributed by atoms with Crippen LogP contribution in [0.1, 0.15) is 22.5 Å². The summed E-state index contributed by atoms with van der Waals surface area (Å²) < 4.78 is 40.7. The van der Waals surface area contributed by atoms with E-state index in [1.54, 1.807) is 7.05 Å². The van der Waals surface area contributed by atoms with Crippen LogP contribution in [0.2, 0.25) is 0 Å². The lowest BCUT2D eigenvalue weighted by Gasteiger charge is -2.19. The van der Waals surface area contributed by atoms with Crippen molar-refractivity contribution in [3.05, 3.63) is 46.8 Å². The van der Waals surface area contributed by atoms with Gasteiger partial charge >= 0.3 is 6.18 Å². The van der Waals surface area contributed by atoms with Crippen molar-refractivity contribution in [2.24, 2.45) is 7.05 Å². The first-order valence-electron chi connectivity index (χ1n) is 7.59. The van der Waals surface area contributed by atoms with Crippen LogP contribution in [0.4, 0.5) is 18.9 Å². The van der Waals surface area contributed by atoms with Crippen LogP contribution >= 0.6 is 12.4 Å². The van der Waals surface area contributed by atoms with Crippen molar-refractivity contribution >= 4 is 29.7 Å². The van der Waals surface area contributed by atoms with Crippen LogP contribution in [0, 0.1) is 0 Å². The fraction of sp³-hybridized carbons (Fsp3) is 0.353. The molecule has 0 fully saturated rings. The van der Waals surface area contributed by atoms with Gasteiger partial charge in [-0.2, -0.15) is 18.3 Å². The van der Waals surface area contributed by atoms with Gasteiger partial charge in [0.2, 0.25) is 0 Å². The zero-order chi connectivity index (χ0) is 17.5. The second-order valence-electron chi connectivity index (χ2n) is 6.06. The summed E-state index contributed by atoms with van der Waals surface area (Å²) in [5.74, 6) is 0. The van der Waals surface area contributed by atoms with Crippen LogP contribution in [-0.4, -0.2) is 30.4 Å². The minimum atomic E-state index is -4.44. The van der Waals surface area contributed by atoms with Crippen LogP contribution in [-0.2, 0) is 19.8 Å². The molecule has 0 radical (unpaired) electrons. The molecule has 2 heterocycles. The molecule has 136 valence electrons. The number of fused-ring (bicyclic) bond motifs is 1. The molecule has 0 bridgehead atoms. The number of aryl methyl sites for hydroxylation is 1. The molecule has 8 heteroatoms. The lowest BCUT2D eigenvalue weighted by molar-refractivity contribution is -0.142. The first-order chi connectivity index (χ1) is 11.3. The number of hydrogen-bond acceptors (Lipinski definition) is 3. The highest BCUT2D eigenvalue weighted by Gasteiger charge is 2.39. The summed E-state index contributed by atoms with van der Waals surface area (Å²) in [4.78, 5) is 1.99. The van der Waals surface area contributed by atoms with Gasteiger partial charge in [-0.25, -0.2) is 0 Å². The highest BCUT2D eigenvalue weighted by Crippen LogP contribution is 2.36. The normalized spacial score (nSPS) is 15.7. The van der Waals surface area contributed by atoms with E-state index in [2.05, 4.69) is 10.4 Å². The van der Waals surface area contributed by atoms with Crippen molar-refractivity contribution in [3.63, 3.8) is 0 Å². The number of anilines is 1. The quantitative estimate of drug-likeness (QED) is 0.874. The van der Waals surface area contributed by atoms with E-state index in [1.807, 2.05) is 49.3 Å². The molecule has 0 spiro atoms. The summed E-state index contributed by atoms with van der Waals surface area (Å²) in [5, 5.41) is 6.73. The van der Waals surface area contributed by atoms with Crippen molar-refractivity contribution in [2.75, 3.05) is 25.5 Å². The predicted molar refractivity (Wildman–Crippen MR) is 95.8 cm³/mol. The Morgan fingerprint density at radius 3 is 2.36 bits per heavy atom. The average molecular weight is 373 g/mol. The van der Waals surface area contributed by atoms with E-state index in [9.17, 15) is 13.2 Å². The molecular formula is C17H20ClF3N4. The molecule has 0 aliphatic carbocycles. The molecule has 0 saturated carbocycles. The Kier molecular flexibility index (Phi) is 5.49. The Balaban J connectivity index is 0.00000225. The van der Waals surface area contributed by atoms with Gasteiger partial charge in [0, 0.05) is 45.5 Å². The summed E-state index contributed by atoms with van der Waals surface area (Å²) in [6.07, 6.45) is -2.53. The highest BCUT2D eigenvalue weighted by atomic mass is 35.5. The summed E-state index contributed by atoms with van der Waals surface area (Å²) >= 11 is 0. The SMILES string of the molecule is CN(C)c1ccc(/C=C2\CNCc3c(C(F)(F)F)nn(C)c32)cc1.Cl. The molecule has 0 saturated heterocycles. The third-order valence-electron chi connectivity index (χ3n) is 4.09. The Morgan fingerprint density at radius 2 is 1.80 bits per heavy atom. The zero-order valence-electron chi connectivity index (χ0n) is 14.2. The minimum Gasteiger partial charge on any atom is -0.378 e. The number of aromatic nitrogens is 2. The van der Waals surface area contributed by atoms with E-state index in [0.717, 1.165) is 16.8 Å². The van der Waals surface area contributed by atoms with Crippen LogP contribution < -0.4 is 10.2 Å². The first kappa shape index (κ1) is 19.3. The smallest absolute Gasteiger partial charge is 0.378 e. The molecule has 0 amide bonds. The standard InChI is InChI=1S/C17H19F3N4.ClH/c1-23(2)13-6-4-11(5-7-13)8-12-9-21-10-14-15(12)24(3)22-16(14)17(18,19)20;/h4-8,21H,9-10H2,1-3H3;1H/b12-8+;. The molecular weight excluding hydrogens is 353 g/mol. The van der Waals surface area contributed by atoms with Crippen molar-refractivity contribution < 1.29 is 13.2 Å². The monoisotopic (exact) mass is 372 g/mol. The van der Waals surface area contributed by atoms with Gasteiger partial charge < -0.3 is 10.2 Å². The van der Waals surface area contributed by atoms with E-state index in [0.29, 0.717) is 12.2 Å². The fourth-order valence-corrected chi connectivity index (χ4v) is 2.96. The van der Waals surface area contributed by atoms with Gasteiger partial charge in [0.1, 0.15) is 0 Å². The van der Waals surface area contributed by atoms with Crippen molar-refractivity contribution in [1.82, 2.24) is 15.1 Å². The number of alkyl halides is 3. The molecule has 1 aliphatic rings. The maximum Gasteiger partial charge on any atom is 0.435 e. The molecule has 1 aromatic heterocycles. The Bertz CT molecular complexity index is 776. The van der Waals surface area contributed by atoms with Crippen molar-refractivity contribution in [2.45, 2.75) is 12.7 Å². The third-order valence-corrected chi connectivity index (χ3v) is 4.09. The molecule has 3 rings (SSSR count). The predicted octanol–water partition coefficient (Wildman–Crippen LogP) is 3.57. The fourth-order valence-electron chi connectivity index (χ4n) is 2.96. The summed E-state index contributed by atoms with van der Waals surface area (Å²) in [6.45, 7) is 0.689. The lowest BCUT2D eigenvalue weighted by Crippen LogP contribution is -2.25. The van der Waals surface area contributed by atoms with Gasteiger partial charge in [0.25, 0.3) is 0 Å². The summed E-state index contributed by atoms with van der Waals surface area (Å²) in [5.41, 5.74) is 2.78. The molecule has 2 aromatic rings. The maximum absolute atomic E-state index is 13.1. The molecule has 0 unspecified atom stereocenters. The van der Waals surface area contributed by atoms with Gasteiger partial charge in [-0.05, 0) is 29.3 Å².